The molecule has 0 saturated heterocycles. The van der Waals surface area contributed by atoms with Crippen LogP contribution in [0.25, 0.3) is 0 Å². The number of unbranched alkanes of at least 4 members (excludes halogenated alkanes) is 5. The van der Waals surface area contributed by atoms with E-state index in [4.69, 9.17) is 14.2 Å². The van der Waals surface area contributed by atoms with E-state index in [0.717, 1.165) is 31.1 Å². The molecule has 1 aromatic rings. The van der Waals surface area contributed by atoms with Crippen molar-refractivity contribution in [1.82, 2.24) is 0 Å². The van der Waals surface area contributed by atoms with Crippen molar-refractivity contribution in [1.29, 1.82) is 0 Å². The van der Waals surface area contributed by atoms with Gasteiger partial charge >= 0.3 is 0 Å². The van der Waals surface area contributed by atoms with E-state index in [2.05, 4.69) is 19.1 Å². The zero-order valence-corrected chi connectivity index (χ0v) is 13.2. The summed E-state index contributed by atoms with van der Waals surface area (Å²) in [6.45, 7) is 5.21. The maximum absolute atomic E-state index is 5.72. The summed E-state index contributed by atoms with van der Waals surface area (Å²) in [5.74, 6) is 1.73. The predicted octanol–water partition coefficient (Wildman–Crippen LogP) is 4.38. The number of ether oxygens (including phenoxy) is 3. The van der Waals surface area contributed by atoms with E-state index in [9.17, 15) is 0 Å². The van der Waals surface area contributed by atoms with E-state index in [-0.39, 0.29) is 0 Å². The fourth-order valence-electron chi connectivity index (χ4n) is 2.52. The van der Waals surface area contributed by atoms with Crippen molar-refractivity contribution >= 4 is 0 Å². The number of hydrogen-bond acceptors (Lipinski definition) is 3. The van der Waals surface area contributed by atoms with Crippen LogP contribution in [0.3, 0.4) is 0 Å². The molecule has 0 amide bonds. The summed E-state index contributed by atoms with van der Waals surface area (Å²) in [6, 6.07) is 6.17. The number of hydrogen-bond donors (Lipinski definition) is 0. The third-order valence-electron chi connectivity index (χ3n) is 3.78. The predicted molar refractivity (Wildman–Crippen MR) is 85.3 cm³/mol. The maximum Gasteiger partial charge on any atom is 0.161 e. The fourth-order valence-corrected chi connectivity index (χ4v) is 2.52. The van der Waals surface area contributed by atoms with Crippen LogP contribution in [0, 0.1) is 0 Å². The van der Waals surface area contributed by atoms with Gasteiger partial charge in [-0.25, -0.2) is 0 Å². The van der Waals surface area contributed by atoms with E-state index < -0.39 is 0 Å². The minimum Gasteiger partial charge on any atom is -0.486 e. The lowest BCUT2D eigenvalue weighted by atomic mass is 10.1. The van der Waals surface area contributed by atoms with E-state index >= 15 is 0 Å². The average molecular weight is 292 g/mol. The molecule has 3 nitrogen and oxygen atoms in total. The highest BCUT2D eigenvalue weighted by atomic mass is 16.6. The summed E-state index contributed by atoms with van der Waals surface area (Å²) in [5.41, 5.74) is 1.25. The first-order valence-corrected chi connectivity index (χ1v) is 8.36. The standard InChI is InChI=1S/C18H28O3/c1-2-3-4-5-6-7-11-19-12-10-16-8-9-17-18(15-16)21-14-13-20-17/h8-9,15H,2-7,10-14H2,1H3. The molecule has 0 saturated carbocycles. The summed E-state index contributed by atoms with van der Waals surface area (Å²) in [7, 11) is 0. The molecule has 0 bridgehead atoms. The second-order valence-corrected chi connectivity index (χ2v) is 5.61. The van der Waals surface area contributed by atoms with Gasteiger partial charge in [-0.2, -0.15) is 0 Å². The highest BCUT2D eigenvalue weighted by Gasteiger charge is 2.11. The summed E-state index contributed by atoms with van der Waals surface area (Å²) < 4.78 is 16.8. The summed E-state index contributed by atoms with van der Waals surface area (Å²) >= 11 is 0. The van der Waals surface area contributed by atoms with Crippen LogP contribution in [0.1, 0.15) is 51.0 Å². The van der Waals surface area contributed by atoms with Crippen LogP contribution in [0.15, 0.2) is 18.2 Å². The van der Waals surface area contributed by atoms with Crippen molar-refractivity contribution in [3.05, 3.63) is 23.8 Å². The van der Waals surface area contributed by atoms with E-state index in [0.29, 0.717) is 13.2 Å². The Morgan fingerprint density at radius 1 is 0.905 bits per heavy atom. The van der Waals surface area contributed by atoms with Gasteiger partial charge in [-0.1, -0.05) is 45.1 Å². The molecule has 1 aliphatic heterocycles. The Bertz CT molecular complexity index is 403. The lowest BCUT2D eigenvalue weighted by Crippen LogP contribution is -2.15. The van der Waals surface area contributed by atoms with Gasteiger partial charge in [0.2, 0.25) is 0 Å². The molecule has 118 valence electrons. The topological polar surface area (TPSA) is 27.7 Å². The Kier molecular flexibility index (Phi) is 7.44. The maximum atomic E-state index is 5.72. The van der Waals surface area contributed by atoms with Gasteiger partial charge in [0.25, 0.3) is 0 Å². The second-order valence-electron chi connectivity index (χ2n) is 5.61. The molecule has 0 unspecified atom stereocenters. The first kappa shape index (κ1) is 16.2. The van der Waals surface area contributed by atoms with Crippen LogP contribution < -0.4 is 9.47 Å². The lowest BCUT2D eigenvalue weighted by Gasteiger charge is -2.18. The molecule has 0 N–H and O–H groups in total. The smallest absolute Gasteiger partial charge is 0.161 e. The fraction of sp³-hybridized carbons (Fsp3) is 0.667. The Morgan fingerprint density at radius 2 is 1.67 bits per heavy atom. The summed E-state index contributed by atoms with van der Waals surface area (Å²) in [4.78, 5) is 0. The third-order valence-corrected chi connectivity index (χ3v) is 3.78. The highest BCUT2D eigenvalue weighted by molar-refractivity contribution is 5.43. The second kappa shape index (κ2) is 9.67. The molecule has 3 heteroatoms. The number of fused-ring (bicyclic) bond motifs is 1. The van der Waals surface area contributed by atoms with Crippen LogP contribution in [0.2, 0.25) is 0 Å². The average Bonchev–Trinajstić information content (AvgIpc) is 2.53. The molecule has 0 radical (unpaired) electrons. The minimum absolute atomic E-state index is 0.644. The van der Waals surface area contributed by atoms with Crippen molar-refractivity contribution < 1.29 is 14.2 Å². The lowest BCUT2D eigenvalue weighted by molar-refractivity contribution is 0.132. The number of benzene rings is 1. The van der Waals surface area contributed by atoms with Crippen molar-refractivity contribution in [2.24, 2.45) is 0 Å². The molecule has 1 aliphatic rings. The summed E-state index contributed by atoms with van der Waals surface area (Å²) in [5, 5.41) is 0. The van der Waals surface area contributed by atoms with E-state index in [1.54, 1.807) is 0 Å². The molecule has 0 fully saturated rings. The van der Waals surface area contributed by atoms with Gasteiger partial charge in [0, 0.05) is 6.61 Å². The van der Waals surface area contributed by atoms with Gasteiger partial charge < -0.3 is 14.2 Å². The number of rotatable bonds is 10. The van der Waals surface area contributed by atoms with Crippen LogP contribution in [-0.2, 0) is 11.2 Å². The monoisotopic (exact) mass is 292 g/mol. The zero-order chi connectivity index (χ0) is 14.8. The molecule has 1 aromatic carbocycles. The summed E-state index contributed by atoms with van der Waals surface area (Å²) in [6.07, 6.45) is 8.81. The first-order valence-electron chi connectivity index (χ1n) is 8.36. The molecule has 0 spiro atoms. The quantitative estimate of drug-likeness (QED) is 0.599. The Morgan fingerprint density at radius 3 is 2.52 bits per heavy atom. The molecule has 1 heterocycles. The SMILES string of the molecule is CCCCCCCCOCCc1ccc2c(c1)OCCO2. The first-order chi connectivity index (χ1) is 10.4. The molecule has 0 atom stereocenters. The van der Waals surface area contributed by atoms with Gasteiger partial charge in [0.15, 0.2) is 11.5 Å². The van der Waals surface area contributed by atoms with Gasteiger partial charge in [-0.3, -0.25) is 0 Å². The zero-order valence-electron chi connectivity index (χ0n) is 13.2. The Hall–Kier alpha value is -1.22. The van der Waals surface area contributed by atoms with Crippen LogP contribution in [0.5, 0.6) is 11.5 Å². The Labute approximate surface area is 128 Å². The van der Waals surface area contributed by atoms with Crippen molar-refractivity contribution in [2.45, 2.75) is 51.9 Å². The van der Waals surface area contributed by atoms with Crippen molar-refractivity contribution in [2.75, 3.05) is 26.4 Å². The van der Waals surface area contributed by atoms with E-state index in [1.807, 2.05) is 6.07 Å². The minimum atomic E-state index is 0.644. The molecule has 21 heavy (non-hydrogen) atoms. The molecular weight excluding hydrogens is 264 g/mol. The van der Waals surface area contributed by atoms with E-state index in [1.165, 1.54) is 44.1 Å². The molecule has 0 aromatic heterocycles. The third kappa shape index (κ3) is 5.96. The molecule has 2 rings (SSSR count). The van der Waals surface area contributed by atoms with Crippen molar-refractivity contribution in [3.8, 4) is 11.5 Å². The van der Waals surface area contributed by atoms with Crippen molar-refractivity contribution in [3.63, 3.8) is 0 Å². The van der Waals surface area contributed by atoms with Crippen LogP contribution in [0.4, 0.5) is 0 Å². The van der Waals surface area contributed by atoms with Gasteiger partial charge in [-0.05, 0) is 30.5 Å². The van der Waals surface area contributed by atoms with Gasteiger partial charge in [0.1, 0.15) is 13.2 Å². The largest absolute Gasteiger partial charge is 0.486 e. The normalized spacial score (nSPS) is 13.4. The molecular formula is C18H28O3. The van der Waals surface area contributed by atoms with Gasteiger partial charge in [-0.15, -0.1) is 0 Å². The van der Waals surface area contributed by atoms with Crippen LogP contribution >= 0.6 is 0 Å². The molecule has 0 aliphatic carbocycles. The Balaban J connectivity index is 1.54. The van der Waals surface area contributed by atoms with Gasteiger partial charge in [0.05, 0.1) is 6.61 Å². The highest BCUT2D eigenvalue weighted by Crippen LogP contribution is 2.30. The van der Waals surface area contributed by atoms with Crippen LogP contribution in [-0.4, -0.2) is 26.4 Å².